The SMILES string of the molecule is CN(Cc1ccccc1N1CCCC1)C(=O)c1ccc(-c2nc3ccccc3s2)o1. The van der Waals surface area contributed by atoms with Gasteiger partial charge in [0.2, 0.25) is 0 Å². The lowest BCUT2D eigenvalue weighted by molar-refractivity contribution is 0.0754. The first kappa shape index (κ1) is 18.9. The van der Waals surface area contributed by atoms with Crippen LogP contribution in [0.25, 0.3) is 21.0 Å². The van der Waals surface area contributed by atoms with Crippen molar-refractivity contribution in [1.29, 1.82) is 0 Å². The van der Waals surface area contributed by atoms with Crippen LogP contribution < -0.4 is 4.90 Å². The Morgan fingerprint density at radius 1 is 1.07 bits per heavy atom. The number of nitrogens with zero attached hydrogens (tertiary/aromatic N) is 3. The normalized spacial score (nSPS) is 13.8. The first-order valence-corrected chi connectivity index (χ1v) is 11.0. The predicted octanol–water partition coefficient (Wildman–Crippen LogP) is 5.43. The first-order valence-electron chi connectivity index (χ1n) is 10.2. The molecule has 0 aliphatic carbocycles. The zero-order valence-corrected chi connectivity index (χ0v) is 17.7. The maximum atomic E-state index is 13.0. The minimum Gasteiger partial charge on any atom is -0.448 e. The highest BCUT2D eigenvalue weighted by molar-refractivity contribution is 7.21. The van der Waals surface area contributed by atoms with Crippen LogP contribution in [0.2, 0.25) is 0 Å². The molecule has 30 heavy (non-hydrogen) atoms. The number of anilines is 1. The third kappa shape index (κ3) is 3.59. The number of amides is 1. The van der Waals surface area contributed by atoms with Crippen molar-refractivity contribution in [2.45, 2.75) is 19.4 Å². The standard InChI is InChI=1S/C24H23N3O2S/c1-26(16-17-8-2-4-10-19(17)27-14-6-7-15-27)24(28)21-13-12-20(29-21)23-25-18-9-3-5-11-22(18)30-23/h2-5,8-13H,6-7,14-16H2,1H3. The van der Waals surface area contributed by atoms with E-state index in [9.17, 15) is 4.79 Å². The number of furan rings is 1. The minimum atomic E-state index is -0.126. The Kier molecular flexibility index (Phi) is 5.01. The zero-order valence-electron chi connectivity index (χ0n) is 16.9. The molecule has 5 nitrogen and oxygen atoms in total. The summed E-state index contributed by atoms with van der Waals surface area (Å²) in [4.78, 5) is 21.7. The van der Waals surface area contributed by atoms with E-state index >= 15 is 0 Å². The van der Waals surface area contributed by atoms with E-state index in [1.807, 2.05) is 43.4 Å². The second-order valence-electron chi connectivity index (χ2n) is 7.63. The first-order chi connectivity index (χ1) is 14.7. The summed E-state index contributed by atoms with van der Waals surface area (Å²) < 4.78 is 7.00. The second kappa shape index (κ2) is 7.95. The molecular weight excluding hydrogens is 394 g/mol. The summed E-state index contributed by atoms with van der Waals surface area (Å²) in [6, 6.07) is 19.9. The minimum absolute atomic E-state index is 0.126. The van der Waals surface area contributed by atoms with Crippen LogP contribution in [-0.2, 0) is 6.54 Å². The molecule has 1 aliphatic heterocycles. The quantitative estimate of drug-likeness (QED) is 0.435. The molecule has 0 atom stereocenters. The van der Waals surface area contributed by atoms with Crippen LogP contribution in [0.15, 0.2) is 65.1 Å². The molecule has 2 aromatic heterocycles. The molecule has 4 aromatic rings. The topological polar surface area (TPSA) is 49.6 Å². The summed E-state index contributed by atoms with van der Waals surface area (Å²) in [5.74, 6) is 0.842. The van der Waals surface area contributed by atoms with Crippen LogP contribution in [0, 0.1) is 0 Å². The lowest BCUT2D eigenvalue weighted by Gasteiger charge is -2.24. The van der Waals surface area contributed by atoms with Crippen LogP contribution in [-0.4, -0.2) is 35.9 Å². The van der Waals surface area contributed by atoms with Crippen molar-refractivity contribution in [3.63, 3.8) is 0 Å². The van der Waals surface area contributed by atoms with E-state index in [1.165, 1.54) is 18.5 Å². The van der Waals surface area contributed by atoms with Gasteiger partial charge < -0.3 is 14.2 Å². The van der Waals surface area contributed by atoms with Crippen molar-refractivity contribution in [2.75, 3.05) is 25.0 Å². The van der Waals surface area contributed by atoms with Crippen LogP contribution in [0.4, 0.5) is 5.69 Å². The van der Waals surface area contributed by atoms with Crippen LogP contribution in [0.5, 0.6) is 0 Å². The maximum Gasteiger partial charge on any atom is 0.289 e. The molecule has 0 bridgehead atoms. The molecule has 2 aromatic carbocycles. The smallest absolute Gasteiger partial charge is 0.289 e. The Morgan fingerprint density at radius 3 is 2.67 bits per heavy atom. The Hall–Kier alpha value is -3.12. The van der Waals surface area contributed by atoms with E-state index in [2.05, 4.69) is 28.1 Å². The van der Waals surface area contributed by atoms with Gasteiger partial charge in [-0.2, -0.15) is 0 Å². The number of hydrogen-bond acceptors (Lipinski definition) is 5. The number of carbonyl (C=O) groups is 1. The second-order valence-corrected chi connectivity index (χ2v) is 8.67. The highest BCUT2D eigenvalue weighted by Gasteiger charge is 2.21. The van der Waals surface area contributed by atoms with Gasteiger partial charge in [-0.1, -0.05) is 30.3 Å². The van der Waals surface area contributed by atoms with Gasteiger partial charge in [-0.15, -0.1) is 11.3 Å². The maximum absolute atomic E-state index is 13.0. The van der Waals surface area contributed by atoms with E-state index in [4.69, 9.17) is 4.42 Å². The number of hydrogen-bond donors (Lipinski definition) is 0. The predicted molar refractivity (Wildman–Crippen MR) is 121 cm³/mol. The average Bonchev–Trinajstić information content (AvgIpc) is 3.53. The number of thiazole rings is 1. The molecule has 0 radical (unpaired) electrons. The van der Waals surface area contributed by atoms with E-state index in [0.717, 1.165) is 33.9 Å². The number of benzene rings is 2. The van der Waals surface area contributed by atoms with Crippen molar-refractivity contribution in [3.05, 3.63) is 72.0 Å². The van der Waals surface area contributed by atoms with Crippen LogP contribution >= 0.6 is 11.3 Å². The van der Waals surface area contributed by atoms with Gasteiger partial charge in [0.1, 0.15) is 0 Å². The molecule has 1 fully saturated rings. The average molecular weight is 418 g/mol. The molecule has 3 heterocycles. The van der Waals surface area contributed by atoms with Crippen molar-refractivity contribution >= 4 is 33.1 Å². The lowest BCUT2D eigenvalue weighted by Crippen LogP contribution is -2.27. The third-order valence-corrected chi connectivity index (χ3v) is 6.56. The number of fused-ring (bicyclic) bond motifs is 1. The van der Waals surface area contributed by atoms with Gasteiger partial charge in [0, 0.05) is 32.4 Å². The summed E-state index contributed by atoms with van der Waals surface area (Å²) in [5.41, 5.74) is 3.33. The molecule has 1 saturated heterocycles. The van der Waals surface area contributed by atoms with Gasteiger partial charge in [0.25, 0.3) is 5.91 Å². The number of aromatic nitrogens is 1. The molecule has 6 heteroatoms. The largest absolute Gasteiger partial charge is 0.448 e. The Morgan fingerprint density at radius 2 is 1.83 bits per heavy atom. The summed E-state index contributed by atoms with van der Waals surface area (Å²) in [7, 11) is 1.82. The molecule has 0 spiro atoms. The van der Waals surface area contributed by atoms with Gasteiger partial charge in [-0.25, -0.2) is 4.98 Å². The van der Waals surface area contributed by atoms with Gasteiger partial charge in [-0.3, -0.25) is 4.79 Å². The number of para-hydroxylation sites is 2. The fraction of sp³-hybridized carbons (Fsp3) is 0.250. The van der Waals surface area contributed by atoms with E-state index < -0.39 is 0 Å². The van der Waals surface area contributed by atoms with Gasteiger partial charge in [-0.05, 0) is 48.7 Å². The van der Waals surface area contributed by atoms with E-state index in [0.29, 0.717) is 18.1 Å². The van der Waals surface area contributed by atoms with E-state index in [1.54, 1.807) is 22.3 Å². The van der Waals surface area contributed by atoms with Crippen molar-refractivity contribution in [3.8, 4) is 10.8 Å². The van der Waals surface area contributed by atoms with Crippen molar-refractivity contribution in [1.82, 2.24) is 9.88 Å². The molecule has 0 N–H and O–H groups in total. The zero-order chi connectivity index (χ0) is 20.5. The number of carbonyl (C=O) groups excluding carboxylic acids is 1. The Balaban J connectivity index is 1.34. The monoisotopic (exact) mass is 417 g/mol. The molecule has 0 saturated carbocycles. The highest BCUT2D eigenvalue weighted by atomic mass is 32.1. The summed E-state index contributed by atoms with van der Waals surface area (Å²) in [6.07, 6.45) is 2.45. The van der Waals surface area contributed by atoms with Gasteiger partial charge in [0.15, 0.2) is 16.5 Å². The van der Waals surface area contributed by atoms with Crippen LogP contribution in [0.3, 0.4) is 0 Å². The highest BCUT2D eigenvalue weighted by Crippen LogP contribution is 2.31. The summed E-state index contributed by atoms with van der Waals surface area (Å²) in [5, 5.41) is 0.789. The molecule has 5 rings (SSSR count). The van der Waals surface area contributed by atoms with Crippen LogP contribution in [0.1, 0.15) is 29.0 Å². The lowest BCUT2D eigenvalue weighted by atomic mass is 10.1. The molecule has 0 unspecified atom stereocenters. The third-order valence-electron chi connectivity index (χ3n) is 5.51. The summed E-state index contributed by atoms with van der Waals surface area (Å²) >= 11 is 1.57. The Labute approximate surface area is 179 Å². The summed E-state index contributed by atoms with van der Waals surface area (Å²) in [6.45, 7) is 2.71. The molecule has 1 aliphatic rings. The van der Waals surface area contributed by atoms with Crippen molar-refractivity contribution < 1.29 is 9.21 Å². The van der Waals surface area contributed by atoms with Gasteiger partial charge >= 0.3 is 0 Å². The van der Waals surface area contributed by atoms with Gasteiger partial charge in [0.05, 0.1) is 10.2 Å². The molecule has 1 amide bonds. The molecule has 152 valence electrons. The fourth-order valence-corrected chi connectivity index (χ4v) is 4.90. The Bertz CT molecular complexity index is 1160. The number of rotatable bonds is 5. The van der Waals surface area contributed by atoms with Crippen molar-refractivity contribution in [2.24, 2.45) is 0 Å². The fourth-order valence-electron chi connectivity index (χ4n) is 3.97. The van der Waals surface area contributed by atoms with E-state index in [-0.39, 0.29) is 5.91 Å². The molecular formula is C24H23N3O2S.